The first kappa shape index (κ1) is 15.7. The predicted octanol–water partition coefficient (Wildman–Crippen LogP) is 3.11. The maximum absolute atomic E-state index is 12.4. The molecule has 1 heterocycles. The summed E-state index contributed by atoms with van der Waals surface area (Å²) in [6, 6.07) is 7.92. The first-order chi connectivity index (χ1) is 10.1. The van der Waals surface area contributed by atoms with E-state index in [2.05, 4.69) is 16.5 Å². The Morgan fingerprint density at radius 3 is 2.52 bits per heavy atom. The lowest BCUT2D eigenvalue weighted by Gasteiger charge is -2.23. The Bertz CT molecular complexity index is 627. The number of aliphatic hydroxyl groups is 1. The highest BCUT2D eigenvalue weighted by Gasteiger charge is 2.32. The van der Waals surface area contributed by atoms with Gasteiger partial charge in [-0.05, 0) is 31.4 Å². The number of ketones is 1. The van der Waals surface area contributed by atoms with Crippen LogP contribution in [0.2, 0.25) is 0 Å². The van der Waals surface area contributed by atoms with Crippen LogP contribution in [0.15, 0.2) is 24.3 Å². The van der Waals surface area contributed by atoms with Gasteiger partial charge in [-0.15, -0.1) is 0 Å². The number of Topliss-reactive ketones (excluding diaryl/α,β-unsaturated/α-hetero) is 1. The fourth-order valence-corrected chi connectivity index (χ4v) is 2.69. The summed E-state index contributed by atoms with van der Waals surface area (Å²) in [6.07, 6.45) is 2.05. The first-order valence-electron chi connectivity index (χ1n) is 7.75. The molecule has 1 aromatic carbocycles. The van der Waals surface area contributed by atoms with Crippen LogP contribution in [-0.2, 0) is 17.8 Å². The van der Waals surface area contributed by atoms with Gasteiger partial charge in [0.25, 0.3) is 0 Å². The van der Waals surface area contributed by atoms with E-state index in [1.165, 1.54) is 0 Å². The summed E-state index contributed by atoms with van der Waals surface area (Å²) >= 11 is 0. The van der Waals surface area contributed by atoms with Gasteiger partial charge in [-0.1, -0.05) is 32.9 Å². The summed E-state index contributed by atoms with van der Waals surface area (Å²) in [7, 11) is 0. The number of aromatic nitrogens is 2. The van der Waals surface area contributed by atoms with E-state index < -0.39 is 5.60 Å². The topological polar surface area (TPSA) is 55.1 Å². The standard InChI is InChI=1S/C17H24N2O2/c1-4-11-19-14-10-8-7-9-13(14)18-16(19)12-15(20)17(21,5-2)6-3/h7-10,21H,4-6,11-12H2,1-3H3. The van der Waals surface area contributed by atoms with Crippen LogP contribution in [0, 0.1) is 0 Å². The van der Waals surface area contributed by atoms with Gasteiger partial charge in [0.1, 0.15) is 11.4 Å². The molecule has 0 atom stereocenters. The maximum atomic E-state index is 12.4. The van der Waals surface area contributed by atoms with E-state index in [9.17, 15) is 9.90 Å². The van der Waals surface area contributed by atoms with Gasteiger partial charge in [0.2, 0.25) is 0 Å². The molecular weight excluding hydrogens is 264 g/mol. The minimum absolute atomic E-state index is 0.139. The van der Waals surface area contributed by atoms with E-state index in [4.69, 9.17) is 0 Å². The molecule has 2 aromatic rings. The van der Waals surface area contributed by atoms with Crippen molar-refractivity contribution in [3.05, 3.63) is 30.1 Å². The molecule has 1 N–H and O–H groups in total. The van der Waals surface area contributed by atoms with Crippen molar-refractivity contribution < 1.29 is 9.90 Å². The van der Waals surface area contributed by atoms with Crippen LogP contribution in [0.25, 0.3) is 11.0 Å². The number of hydrogen-bond acceptors (Lipinski definition) is 3. The molecule has 0 aliphatic heterocycles. The summed E-state index contributed by atoms with van der Waals surface area (Å²) in [5.74, 6) is 0.614. The van der Waals surface area contributed by atoms with Crippen LogP contribution < -0.4 is 0 Å². The molecule has 21 heavy (non-hydrogen) atoms. The smallest absolute Gasteiger partial charge is 0.171 e. The normalized spacial score (nSPS) is 12.0. The molecule has 0 unspecified atom stereocenters. The van der Waals surface area contributed by atoms with Crippen molar-refractivity contribution in [2.24, 2.45) is 0 Å². The fraction of sp³-hybridized carbons (Fsp3) is 0.529. The minimum atomic E-state index is -1.23. The van der Waals surface area contributed by atoms with Gasteiger partial charge in [-0.25, -0.2) is 4.98 Å². The molecule has 1 aromatic heterocycles. The number of para-hydroxylation sites is 2. The Hall–Kier alpha value is -1.68. The molecule has 4 heteroatoms. The zero-order chi connectivity index (χ0) is 15.5. The Morgan fingerprint density at radius 1 is 1.24 bits per heavy atom. The number of carbonyl (C=O) groups excluding carboxylic acids is 1. The summed E-state index contributed by atoms with van der Waals surface area (Å²) in [6.45, 7) is 6.63. The second-order valence-corrected chi connectivity index (χ2v) is 5.51. The van der Waals surface area contributed by atoms with Crippen LogP contribution >= 0.6 is 0 Å². The van der Waals surface area contributed by atoms with E-state index in [0.717, 1.165) is 29.8 Å². The van der Waals surface area contributed by atoms with Gasteiger partial charge in [0.05, 0.1) is 17.5 Å². The van der Waals surface area contributed by atoms with Crippen LogP contribution in [0.5, 0.6) is 0 Å². The van der Waals surface area contributed by atoms with Crippen LogP contribution in [0.4, 0.5) is 0 Å². The number of fused-ring (bicyclic) bond motifs is 1. The molecule has 114 valence electrons. The molecule has 0 amide bonds. The fourth-order valence-electron chi connectivity index (χ4n) is 2.69. The quantitative estimate of drug-likeness (QED) is 0.851. The molecule has 2 rings (SSSR count). The zero-order valence-electron chi connectivity index (χ0n) is 13.1. The van der Waals surface area contributed by atoms with Gasteiger partial charge >= 0.3 is 0 Å². The van der Waals surface area contributed by atoms with Crippen LogP contribution in [-0.4, -0.2) is 26.0 Å². The van der Waals surface area contributed by atoms with Crippen LogP contribution in [0.1, 0.15) is 45.9 Å². The summed E-state index contributed by atoms with van der Waals surface area (Å²) in [5, 5.41) is 10.4. The van der Waals surface area contributed by atoms with Crippen molar-refractivity contribution in [3.8, 4) is 0 Å². The van der Waals surface area contributed by atoms with Crippen molar-refractivity contribution in [2.75, 3.05) is 0 Å². The summed E-state index contributed by atoms with van der Waals surface area (Å²) in [4.78, 5) is 17.0. The molecule has 0 fully saturated rings. The molecular formula is C17H24N2O2. The highest BCUT2D eigenvalue weighted by molar-refractivity contribution is 5.89. The Labute approximate surface area is 125 Å². The van der Waals surface area contributed by atoms with E-state index in [-0.39, 0.29) is 12.2 Å². The lowest BCUT2D eigenvalue weighted by Crippen LogP contribution is -2.38. The molecule has 0 aliphatic rings. The number of imidazole rings is 1. The number of benzene rings is 1. The molecule has 0 spiro atoms. The second-order valence-electron chi connectivity index (χ2n) is 5.51. The first-order valence-corrected chi connectivity index (χ1v) is 7.75. The average Bonchev–Trinajstić information content (AvgIpc) is 2.84. The molecule has 0 saturated carbocycles. The van der Waals surface area contributed by atoms with Crippen molar-refractivity contribution in [3.63, 3.8) is 0 Å². The molecule has 0 aliphatic carbocycles. The van der Waals surface area contributed by atoms with Gasteiger partial charge in [0.15, 0.2) is 5.78 Å². The summed E-state index contributed by atoms with van der Waals surface area (Å²) < 4.78 is 2.10. The Balaban J connectivity index is 2.37. The van der Waals surface area contributed by atoms with Gasteiger partial charge in [-0.3, -0.25) is 4.79 Å². The van der Waals surface area contributed by atoms with E-state index in [1.54, 1.807) is 0 Å². The average molecular weight is 288 g/mol. The minimum Gasteiger partial charge on any atom is -0.382 e. The molecule has 4 nitrogen and oxygen atoms in total. The number of nitrogens with zero attached hydrogens (tertiary/aromatic N) is 2. The molecule has 0 bridgehead atoms. The molecule has 0 saturated heterocycles. The van der Waals surface area contributed by atoms with E-state index in [1.807, 2.05) is 38.1 Å². The highest BCUT2D eigenvalue weighted by atomic mass is 16.3. The zero-order valence-corrected chi connectivity index (χ0v) is 13.1. The lowest BCUT2D eigenvalue weighted by molar-refractivity contribution is -0.137. The largest absolute Gasteiger partial charge is 0.382 e. The number of rotatable bonds is 7. The van der Waals surface area contributed by atoms with E-state index in [0.29, 0.717) is 12.8 Å². The van der Waals surface area contributed by atoms with Crippen molar-refractivity contribution >= 4 is 16.8 Å². The van der Waals surface area contributed by atoms with Gasteiger partial charge < -0.3 is 9.67 Å². The van der Waals surface area contributed by atoms with Crippen molar-refractivity contribution in [2.45, 2.75) is 58.6 Å². The highest BCUT2D eigenvalue weighted by Crippen LogP contribution is 2.21. The van der Waals surface area contributed by atoms with Gasteiger partial charge in [-0.2, -0.15) is 0 Å². The number of aryl methyl sites for hydroxylation is 1. The SMILES string of the molecule is CCCn1c(CC(=O)C(O)(CC)CC)nc2ccccc21. The summed E-state index contributed by atoms with van der Waals surface area (Å²) in [5.41, 5.74) is 0.735. The third-order valence-electron chi connectivity index (χ3n) is 4.19. The van der Waals surface area contributed by atoms with Crippen molar-refractivity contribution in [1.29, 1.82) is 0 Å². The Kier molecular flexibility index (Phi) is 4.78. The monoisotopic (exact) mass is 288 g/mol. The van der Waals surface area contributed by atoms with Gasteiger partial charge in [0, 0.05) is 6.54 Å². The predicted molar refractivity (Wildman–Crippen MR) is 84.3 cm³/mol. The van der Waals surface area contributed by atoms with Crippen molar-refractivity contribution in [1.82, 2.24) is 9.55 Å². The maximum Gasteiger partial charge on any atom is 0.171 e. The third kappa shape index (κ3) is 3.00. The third-order valence-corrected chi connectivity index (χ3v) is 4.19. The van der Waals surface area contributed by atoms with Crippen LogP contribution in [0.3, 0.4) is 0 Å². The Morgan fingerprint density at radius 2 is 1.90 bits per heavy atom. The second kappa shape index (κ2) is 6.39. The molecule has 0 radical (unpaired) electrons. The number of hydrogen-bond donors (Lipinski definition) is 1. The number of carbonyl (C=O) groups is 1. The lowest BCUT2D eigenvalue weighted by atomic mass is 9.90. The van der Waals surface area contributed by atoms with E-state index >= 15 is 0 Å².